The van der Waals surface area contributed by atoms with Gasteiger partial charge < -0.3 is 5.11 Å². The van der Waals surface area contributed by atoms with Gasteiger partial charge in [0.25, 0.3) is 0 Å². The number of halogens is 3. The molecule has 0 saturated heterocycles. The van der Waals surface area contributed by atoms with E-state index in [0.29, 0.717) is 0 Å². The third-order valence-electron chi connectivity index (χ3n) is 2.91. The van der Waals surface area contributed by atoms with Crippen molar-refractivity contribution in [2.75, 3.05) is 6.54 Å². The fourth-order valence-corrected chi connectivity index (χ4v) is 3.07. The van der Waals surface area contributed by atoms with Crippen LogP contribution < -0.4 is 4.72 Å². The zero-order chi connectivity index (χ0) is 16.3. The predicted octanol–water partition coefficient (Wildman–Crippen LogP) is 2.63. The number of benzene rings is 2. The molecule has 8 heteroatoms. The van der Waals surface area contributed by atoms with Crippen molar-refractivity contribution >= 4 is 21.6 Å². The van der Waals surface area contributed by atoms with E-state index in [9.17, 15) is 22.3 Å². The van der Waals surface area contributed by atoms with Crippen LogP contribution in [0.4, 0.5) is 8.78 Å². The Labute approximate surface area is 131 Å². The molecule has 0 aliphatic carbocycles. The molecule has 0 spiro atoms. The number of nitrogens with one attached hydrogen (secondary N) is 1. The van der Waals surface area contributed by atoms with Crippen molar-refractivity contribution in [3.05, 3.63) is 64.7 Å². The van der Waals surface area contributed by atoms with Crippen molar-refractivity contribution in [2.45, 2.75) is 11.0 Å². The summed E-state index contributed by atoms with van der Waals surface area (Å²) in [5, 5.41) is 9.90. The standard InChI is InChI=1S/C14H12ClF2NO3S/c15-9-5-6-14(12(17)7-9)22(20,21)18-8-13(19)10-3-1-2-4-11(10)16/h1-7,13,18-19H,8H2. The first-order valence-electron chi connectivity index (χ1n) is 6.18. The maximum atomic E-state index is 13.6. The molecule has 1 atom stereocenters. The Morgan fingerprint density at radius 2 is 1.82 bits per heavy atom. The maximum Gasteiger partial charge on any atom is 0.243 e. The van der Waals surface area contributed by atoms with Crippen LogP contribution in [0.3, 0.4) is 0 Å². The van der Waals surface area contributed by atoms with E-state index in [2.05, 4.69) is 0 Å². The summed E-state index contributed by atoms with van der Waals surface area (Å²) in [5.41, 5.74) is -0.0539. The minimum atomic E-state index is -4.19. The van der Waals surface area contributed by atoms with Crippen LogP contribution in [0.5, 0.6) is 0 Å². The molecule has 0 aromatic heterocycles. The molecule has 0 bridgehead atoms. The molecule has 0 fully saturated rings. The van der Waals surface area contributed by atoms with Crippen LogP contribution in [0.25, 0.3) is 0 Å². The van der Waals surface area contributed by atoms with Crippen molar-refractivity contribution in [2.24, 2.45) is 0 Å². The number of sulfonamides is 1. The van der Waals surface area contributed by atoms with Crippen LogP contribution in [-0.2, 0) is 10.0 Å². The highest BCUT2D eigenvalue weighted by molar-refractivity contribution is 7.89. The van der Waals surface area contributed by atoms with Gasteiger partial charge in [-0.05, 0) is 24.3 Å². The first kappa shape index (κ1) is 16.8. The van der Waals surface area contributed by atoms with E-state index >= 15 is 0 Å². The molecule has 2 N–H and O–H groups in total. The van der Waals surface area contributed by atoms with Gasteiger partial charge in [0.1, 0.15) is 16.5 Å². The minimum absolute atomic E-state index is 0.0539. The van der Waals surface area contributed by atoms with E-state index in [1.165, 1.54) is 24.3 Å². The molecule has 1 unspecified atom stereocenters. The van der Waals surface area contributed by atoms with Crippen LogP contribution in [0.15, 0.2) is 47.4 Å². The second-order valence-electron chi connectivity index (χ2n) is 4.46. The van der Waals surface area contributed by atoms with Gasteiger partial charge in [-0.2, -0.15) is 0 Å². The Morgan fingerprint density at radius 3 is 2.45 bits per heavy atom. The molecule has 2 rings (SSSR count). The monoisotopic (exact) mass is 347 g/mol. The molecule has 0 aliphatic heterocycles. The average molecular weight is 348 g/mol. The summed E-state index contributed by atoms with van der Waals surface area (Å²) in [6.45, 7) is -0.495. The second-order valence-corrected chi connectivity index (χ2v) is 6.64. The molecule has 22 heavy (non-hydrogen) atoms. The van der Waals surface area contributed by atoms with Crippen LogP contribution >= 0.6 is 11.6 Å². The fourth-order valence-electron chi connectivity index (χ4n) is 1.81. The van der Waals surface area contributed by atoms with E-state index in [0.717, 1.165) is 18.2 Å². The van der Waals surface area contributed by atoms with Gasteiger partial charge in [0.05, 0.1) is 6.10 Å². The first-order valence-corrected chi connectivity index (χ1v) is 8.04. The molecular formula is C14H12ClF2NO3S. The summed E-state index contributed by atoms with van der Waals surface area (Å²) in [6, 6.07) is 8.53. The van der Waals surface area contributed by atoms with Gasteiger partial charge in [0, 0.05) is 17.1 Å². The van der Waals surface area contributed by atoms with Gasteiger partial charge in [0.2, 0.25) is 10.0 Å². The smallest absolute Gasteiger partial charge is 0.243 e. The first-order chi connectivity index (χ1) is 10.3. The summed E-state index contributed by atoms with van der Waals surface area (Å²) in [7, 11) is -4.19. The third kappa shape index (κ3) is 3.80. The van der Waals surface area contributed by atoms with Gasteiger partial charge >= 0.3 is 0 Å². The molecule has 2 aromatic rings. The molecule has 118 valence electrons. The van der Waals surface area contributed by atoms with Gasteiger partial charge in [0.15, 0.2) is 0 Å². The summed E-state index contributed by atoms with van der Waals surface area (Å²) in [4.78, 5) is -0.599. The number of rotatable bonds is 5. The normalized spacial score (nSPS) is 13.1. The predicted molar refractivity (Wildman–Crippen MR) is 78.0 cm³/mol. The molecule has 4 nitrogen and oxygen atoms in total. The number of aliphatic hydroxyl groups excluding tert-OH is 1. The van der Waals surface area contributed by atoms with Crippen LogP contribution in [0, 0.1) is 11.6 Å². The summed E-state index contributed by atoms with van der Waals surface area (Å²) in [5.74, 6) is -1.67. The molecule has 0 aliphatic rings. The van der Waals surface area contributed by atoms with Crippen molar-refractivity contribution in [1.29, 1.82) is 0 Å². The zero-order valence-electron chi connectivity index (χ0n) is 11.1. The number of hydrogen-bond donors (Lipinski definition) is 2. The van der Waals surface area contributed by atoms with Gasteiger partial charge in [-0.15, -0.1) is 0 Å². The SMILES string of the molecule is O=S(=O)(NCC(O)c1ccccc1F)c1ccc(Cl)cc1F. The van der Waals surface area contributed by atoms with E-state index in [1.807, 2.05) is 4.72 Å². The summed E-state index contributed by atoms with van der Waals surface area (Å²) in [6.07, 6.45) is -1.40. The molecule has 0 saturated carbocycles. The van der Waals surface area contributed by atoms with E-state index in [-0.39, 0.29) is 10.6 Å². The number of aliphatic hydroxyl groups is 1. The topological polar surface area (TPSA) is 66.4 Å². The highest BCUT2D eigenvalue weighted by atomic mass is 35.5. The van der Waals surface area contributed by atoms with E-state index < -0.39 is 39.2 Å². The molecule has 0 amide bonds. The van der Waals surface area contributed by atoms with Crippen molar-refractivity contribution in [3.8, 4) is 0 Å². The maximum absolute atomic E-state index is 13.6. The van der Waals surface area contributed by atoms with Gasteiger partial charge in [-0.3, -0.25) is 0 Å². The second kappa shape index (κ2) is 6.70. The Kier molecular flexibility index (Phi) is 5.12. The lowest BCUT2D eigenvalue weighted by molar-refractivity contribution is 0.177. The molecule has 2 aromatic carbocycles. The van der Waals surface area contributed by atoms with E-state index in [1.54, 1.807) is 0 Å². The Hall–Kier alpha value is -1.54. The number of hydrogen-bond acceptors (Lipinski definition) is 3. The quantitative estimate of drug-likeness (QED) is 0.873. The van der Waals surface area contributed by atoms with Crippen molar-refractivity contribution in [1.82, 2.24) is 4.72 Å². The lowest BCUT2D eigenvalue weighted by Crippen LogP contribution is -2.29. The average Bonchev–Trinajstić information content (AvgIpc) is 2.45. The van der Waals surface area contributed by atoms with Crippen molar-refractivity contribution < 1.29 is 22.3 Å². The summed E-state index contributed by atoms with van der Waals surface area (Å²) >= 11 is 5.56. The lowest BCUT2D eigenvalue weighted by Gasteiger charge is -2.13. The fraction of sp³-hybridized carbons (Fsp3) is 0.143. The molecule has 0 radical (unpaired) electrons. The van der Waals surface area contributed by atoms with Crippen LogP contribution in [0.1, 0.15) is 11.7 Å². The van der Waals surface area contributed by atoms with Crippen LogP contribution in [-0.4, -0.2) is 20.1 Å². The van der Waals surface area contributed by atoms with Gasteiger partial charge in [-0.25, -0.2) is 21.9 Å². The van der Waals surface area contributed by atoms with Crippen LogP contribution in [0.2, 0.25) is 5.02 Å². The molecular weight excluding hydrogens is 336 g/mol. The Morgan fingerprint density at radius 1 is 1.14 bits per heavy atom. The third-order valence-corrected chi connectivity index (χ3v) is 4.61. The largest absolute Gasteiger partial charge is 0.387 e. The minimum Gasteiger partial charge on any atom is -0.387 e. The Bertz CT molecular complexity index is 783. The zero-order valence-corrected chi connectivity index (χ0v) is 12.7. The highest BCUT2D eigenvalue weighted by Gasteiger charge is 2.21. The lowest BCUT2D eigenvalue weighted by atomic mass is 10.1. The highest BCUT2D eigenvalue weighted by Crippen LogP contribution is 2.20. The van der Waals surface area contributed by atoms with E-state index in [4.69, 9.17) is 11.6 Å². The van der Waals surface area contributed by atoms with Crippen molar-refractivity contribution in [3.63, 3.8) is 0 Å². The van der Waals surface area contributed by atoms with Gasteiger partial charge in [-0.1, -0.05) is 29.8 Å². The Balaban J connectivity index is 2.15. The molecule has 0 heterocycles. The summed E-state index contributed by atoms with van der Waals surface area (Å²) < 4.78 is 53.1.